The van der Waals surface area contributed by atoms with Crippen LogP contribution in [0.4, 0.5) is 0 Å². The lowest BCUT2D eigenvalue weighted by molar-refractivity contribution is 0.669. The smallest absolute Gasteiger partial charge is 0.160 e. The van der Waals surface area contributed by atoms with Crippen LogP contribution in [0.2, 0.25) is 0 Å². The molecule has 4 heteroatoms. The number of hydrogen-bond acceptors (Lipinski definition) is 3. The fraction of sp³-hybridized carbons (Fsp3) is 0. The van der Waals surface area contributed by atoms with Crippen LogP contribution in [-0.2, 0) is 0 Å². The predicted molar refractivity (Wildman–Crippen MR) is 231 cm³/mol. The molecule has 0 atom stereocenters. The third-order valence-electron chi connectivity index (χ3n) is 10.9. The number of rotatable bonds is 6. The number of aromatic nitrogens is 3. The molecule has 4 nitrogen and oxygen atoms in total. The fourth-order valence-electron chi connectivity index (χ4n) is 8.04. The van der Waals surface area contributed by atoms with Crippen LogP contribution >= 0.6 is 0 Å². The summed E-state index contributed by atoms with van der Waals surface area (Å²) in [7, 11) is 0. The Morgan fingerprint density at radius 3 is 1.55 bits per heavy atom. The van der Waals surface area contributed by atoms with Gasteiger partial charge in [0.05, 0.1) is 22.4 Å². The van der Waals surface area contributed by atoms with Gasteiger partial charge in [0.25, 0.3) is 0 Å². The molecule has 8 aromatic carbocycles. The molecular formula is C52H33N3O. The lowest BCUT2D eigenvalue weighted by Gasteiger charge is -2.12. The topological polar surface area (TPSA) is 43.9 Å². The highest BCUT2D eigenvalue weighted by Gasteiger charge is 2.17. The summed E-state index contributed by atoms with van der Waals surface area (Å²) in [6.45, 7) is 0. The second-order valence-corrected chi connectivity index (χ2v) is 14.2. The van der Waals surface area contributed by atoms with Crippen molar-refractivity contribution in [2.75, 3.05) is 0 Å². The van der Waals surface area contributed by atoms with Gasteiger partial charge in [0.1, 0.15) is 11.2 Å². The van der Waals surface area contributed by atoms with Crippen LogP contribution in [0.3, 0.4) is 0 Å². The van der Waals surface area contributed by atoms with E-state index in [4.69, 9.17) is 14.4 Å². The standard InChI is InChI=1S/C52H33N3O/c1-3-11-34(12-4-1)36-19-23-38(24-20-36)46-33-47(54-52(53-46)39-25-21-37(22-26-39)35-13-5-2-6-14-35)40-27-29-43-42-15-7-9-17-48(42)55(49(43)31-40)41-28-30-51-45(32-41)44-16-8-10-18-50(44)56-51/h1-33H. The fourth-order valence-corrected chi connectivity index (χ4v) is 8.04. The number of benzene rings is 8. The van der Waals surface area contributed by atoms with E-state index in [1.54, 1.807) is 0 Å². The van der Waals surface area contributed by atoms with E-state index in [0.29, 0.717) is 5.82 Å². The normalized spacial score (nSPS) is 11.6. The molecule has 3 heterocycles. The van der Waals surface area contributed by atoms with E-state index >= 15 is 0 Å². The first-order valence-corrected chi connectivity index (χ1v) is 18.9. The van der Waals surface area contributed by atoms with Crippen LogP contribution in [0.1, 0.15) is 0 Å². The van der Waals surface area contributed by atoms with Gasteiger partial charge in [-0.15, -0.1) is 0 Å². The molecule has 3 aromatic heterocycles. The van der Waals surface area contributed by atoms with E-state index in [9.17, 15) is 0 Å². The van der Waals surface area contributed by atoms with E-state index in [2.05, 4.69) is 180 Å². The monoisotopic (exact) mass is 715 g/mol. The lowest BCUT2D eigenvalue weighted by Crippen LogP contribution is -1.97. The molecule has 11 aromatic rings. The van der Waals surface area contributed by atoms with Crippen molar-refractivity contribution in [3.8, 4) is 61.8 Å². The summed E-state index contributed by atoms with van der Waals surface area (Å²) >= 11 is 0. The van der Waals surface area contributed by atoms with Crippen LogP contribution in [0.15, 0.2) is 205 Å². The summed E-state index contributed by atoms with van der Waals surface area (Å²) in [4.78, 5) is 10.5. The molecule has 0 saturated carbocycles. The molecule has 11 rings (SSSR count). The minimum absolute atomic E-state index is 0.683. The van der Waals surface area contributed by atoms with Crippen LogP contribution in [0.5, 0.6) is 0 Å². The average Bonchev–Trinajstić information content (AvgIpc) is 3.82. The van der Waals surface area contributed by atoms with Crippen molar-refractivity contribution in [2.24, 2.45) is 0 Å². The average molecular weight is 716 g/mol. The van der Waals surface area contributed by atoms with Crippen LogP contribution in [0.25, 0.3) is 106 Å². The summed E-state index contributed by atoms with van der Waals surface area (Å²) in [5.74, 6) is 0.683. The Morgan fingerprint density at radius 1 is 0.321 bits per heavy atom. The Bertz CT molecular complexity index is 3110. The van der Waals surface area contributed by atoms with Gasteiger partial charge in [-0.3, -0.25) is 0 Å². The van der Waals surface area contributed by atoms with E-state index in [0.717, 1.165) is 72.3 Å². The largest absolute Gasteiger partial charge is 0.456 e. The summed E-state index contributed by atoms with van der Waals surface area (Å²) < 4.78 is 8.57. The Morgan fingerprint density at radius 2 is 0.839 bits per heavy atom. The number of hydrogen-bond donors (Lipinski definition) is 0. The molecule has 56 heavy (non-hydrogen) atoms. The predicted octanol–water partition coefficient (Wildman–Crippen LogP) is 13.8. The van der Waals surface area contributed by atoms with Gasteiger partial charge < -0.3 is 8.98 Å². The quantitative estimate of drug-likeness (QED) is 0.172. The number of fused-ring (bicyclic) bond motifs is 6. The van der Waals surface area contributed by atoms with Crippen molar-refractivity contribution < 1.29 is 4.42 Å². The maximum atomic E-state index is 6.21. The Labute approximate surface area is 323 Å². The van der Waals surface area contributed by atoms with Gasteiger partial charge in [-0.2, -0.15) is 0 Å². The maximum absolute atomic E-state index is 6.21. The number of nitrogens with zero attached hydrogens (tertiary/aromatic N) is 3. The van der Waals surface area contributed by atoms with Gasteiger partial charge in [-0.05, 0) is 64.7 Å². The van der Waals surface area contributed by atoms with E-state index in [1.807, 2.05) is 24.3 Å². The Balaban J connectivity index is 1.08. The molecule has 0 aliphatic rings. The molecule has 0 amide bonds. The van der Waals surface area contributed by atoms with Crippen LogP contribution in [0, 0.1) is 0 Å². The zero-order chi connectivity index (χ0) is 37.0. The SMILES string of the molecule is c1ccc(-c2ccc(-c3cc(-c4ccc5c6ccccc6n(-c6ccc7oc8ccccc8c7c6)c5c4)nc(-c4ccc(-c5ccccc5)cc4)n3)cc2)cc1. The minimum atomic E-state index is 0.683. The molecular weight excluding hydrogens is 683 g/mol. The second-order valence-electron chi connectivity index (χ2n) is 14.2. The third-order valence-corrected chi connectivity index (χ3v) is 10.9. The first-order chi connectivity index (χ1) is 27.7. The van der Waals surface area contributed by atoms with Gasteiger partial charge >= 0.3 is 0 Å². The van der Waals surface area contributed by atoms with E-state index < -0.39 is 0 Å². The number of para-hydroxylation sites is 2. The van der Waals surface area contributed by atoms with Gasteiger partial charge in [0.15, 0.2) is 5.82 Å². The minimum Gasteiger partial charge on any atom is -0.456 e. The molecule has 0 fully saturated rings. The zero-order valence-corrected chi connectivity index (χ0v) is 30.3. The third kappa shape index (κ3) is 5.47. The molecule has 0 spiro atoms. The van der Waals surface area contributed by atoms with Crippen molar-refractivity contribution in [3.05, 3.63) is 200 Å². The highest BCUT2D eigenvalue weighted by Crippen LogP contribution is 2.38. The van der Waals surface area contributed by atoms with Crippen molar-refractivity contribution in [2.45, 2.75) is 0 Å². The first-order valence-electron chi connectivity index (χ1n) is 18.9. The molecule has 0 aliphatic heterocycles. The molecule has 0 N–H and O–H groups in total. The van der Waals surface area contributed by atoms with E-state index in [-0.39, 0.29) is 0 Å². The van der Waals surface area contributed by atoms with Crippen LogP contribution < -0.4 is 0 Å². The first kappa shape index (κ1) is 31.9. The summed E-state index contributed by atoms with van der Waals surface area (Å²) in [6, 6.07) is 70.3. The zero-order valence-electron chi connectivity index (χ0n) is 30.3. The highest BCUT2D eigenvalue weighted by molar-refractivity contribution is 6.11. The Kier molecular flexibility index (Phi) is 7.46. The van der Waals surface area contributed by atoms with Gasteiger partial charge in [0.2, 0.25) is 0 Å². The Hall–Kier alpha value is -7.56. The summed E-state index contributed by atoms with van der Waals surface area (Å²) in [6.07, 6.45) is 0. The molecule has 0 unspecified atom stereocenters. The highest BCUT2D eigenvalue weighted by atomic mass is 16.3. The summed E-state index contributed by atoms with van der Waals surface area (Å²) in [5, 5.41) is 4.60. The van der Waals surface area contributed by atoms with Crippen LogP contribution in [-0.4, -0.2) is 14.5 Å². The molecule has 0 saturated heterocycles. The summed E-state index contributed by atoms with van der Waals surface area (Å²) in [5.41, 5.74) is 14.5. The molecule has 0 bridgehead atoms. The number of furan rings is 1. The molecule has 262 valence electrons. The lowest BCUT2D eigenvalue weighted by atomic mass is 10.0. The van der Waals surface area contributed by atoms with Gasteiger partial charge in [-0.25, -0.2) is 9.97 Å². The van der Waals surface area contributed by atoms with E-state index in [1.165, 1.54) is 27.5 Å². The van der Waals surface area contributed by atoms with Crippen molar-refractivity contribution >= 4 is 43.7 Å². The van der Waals surface area contributed by atoms with Crippen molar-refractivity contribution in [3.63, 3.8) is 0 Å². The van der Waals surface area contributed by atoms with Gasteiger partial charge in [0, 0.05) is 43.9 Å². The molecule has 0 radical (unpaired) electrons. The van der Waals surface area contributed by atoms with Crippen molar-refractivity contribution in [1.82, 2.24) is 14.5 Å². The van der Waals surface area contributed by atoms with Crippen molar-refractivity contribution in [1.29, 1.82) is 0 Å². The second kappa shape index (κ2) is 13.1. The van der Waals surface area contributed by atoms with Gasteiger partial charge in [-0.1, -0.05) is 158 Å². The maximum Gasteiger partial charge on any atom is 0.160 e. The molecule has 0 aliphatic carbocycles.